The van der Waals surface area contributed by atoms with Crippen molar-refractivity contribution in [1.82, 2.24) is 4.90 Å². The van der Waals surface area contributed by atoms with Gasteiger partial charge in [-0.25, -0.2) is 4.79 Å². The Morgan fingerprint density at radius 2 is 1.66 bits per heavy atom. The molecule has 0 aromatic carbocycles. The van der Waals surface area contributed by atoms with Gasteiger partial charge in [-0.1, -0.05) is 45.9 Å². The van der Waals surface area contributed by atoms with Crippen molar-refractivity contribution in [3.8, 4) is 0 Å². The van der Waals surface area contributed by atoms with Crippen molar-refractivity contribution in [3.05, 3.63) is 24.3 Å². The van der Waals surface area contributed by atoms with E-state index in [0.29, 0.717) is 57.8 Å². The lowest BCUT2D eigenvalue weighted by atomic mass is 9.78. The summed E-state index contributed by atoms with van der Waals surface area (Å²) in [6.07, 6.45) is 12.9. The standard InChI is InChI=1S/C37H57NO9/c1-23-11-7-5-6-8-13-29(39)26(4)33-19-15-25(3)37(45,47-33)34(42)35(43)38-20-10-9-12-28(38)36(44)46-32(18-14-23)24(2)21-27-16-17-30(40)31(41)22-27/h7-8,11,13,23-28,30-33,40-41,45H,5-6,9-10,12,14-22H2,1-4H3/b11-7+,13-8+/t23?,24?,25-,26+,27?,28?,30-,31-,32?,33+,37-/m1/s1. The van der Waals surface area contributed by atoms with Crippen molar-refractivity contribution in [3.63, 3.8) is 0 Å². The number of aliphatic hydroxyl groups is 3. The topological polar surface area (TPSA) is 151 Å². The number of fused-ring (bicyclic) bond motifs is 3. The molecule has 2 saturated heterocycles. The molecule has 3 aliphatic heterocycles. The van der Waals surface area contributed by atoms with Crippen LogP contribution in [0.4, 0.5) is 0 Å². The highest BCUT2D eigenvalue weighted by Gasteiger charge is 2.53. The lowest BCUT2D eigenvalue weighted by Crippen LogP contribution is -2.61. The number of rotatable bonds is 3. The number of allylic oxidation sites excluding steroid dienone is 4. The molecule has 4 aliphatic rings. The molecule has 1 saturated carbocycles. The fourth-order valence-electron chi connectivity index (χ4n) is 7.72. The van der Waals surface area contributed by atoms with E-state index in [0.717, 1.165) is 25.7 Å². The van der Waals surface area contributed by atoms with Gasteiger partial charge >= 0.3 is 5.97 Å². The van der Waals surface area contributed by atoms with E-state index >= 15 is 0 Å². The monoisotopic (exact) mass is 659 g/mol. The van der Waals surface area contributed by atoms with Crippen LogP contribution in [0.2, 0.25) is 0 Å². The number of cyclic esters (lactones) is 1. The van der Waals surface area contributed by atoms with Crippen LogP contribution in [0.15, 0.2) is 24.3 Å². The number of piperidine rings is 1. The summed E-state index contributed by atoms with van der Waals surface area (Å²) < 4.78 is 12.2. The molecule has 0 spiro atoms. The quantitative estimate of drug-likeness (QED) is 0.227. The molecule has 1 amide bonds. The molecule has 3 heterocycles. The fourth-order valence-corrected chi connectivity index (χ4v) is 7.72. The van der Waals surface area contributed by atoms with E-state index in [9.17, 15) is 34.5 Å². The van der Waals surface area contributed by atoms with Crippen LogP contribution in [0.1, 0.15) is 111 Å². The van der Waals surface area contributed by atoms with E-state index in [1.54, 1.807) is 13.8 Å². The van der Waals surface area contributed by atoms with Gasteiger partial charge < -0.3 is 29.7 Å². The van der Waals surface area contributed by atoms with E-state index in [2.05, 4.69) is 19.1 Å². The highest BCUT2D eigenvalue weighted by atomic mass is 16.6. The Labute approximate surface area is 279 Å². The molecule has 3 N–H and O–H groups in total. The van der Waals surface area contributed by atoms with Gasteiger partial charge in [0.15, 0.2) is 5.78 Å². The normalized spacial score (nSPS) is 40.8. The predicted molar refractivity (Wildman–Crippen MR) is 176 cm³/mol. The Morgan fingerprint density at radius 3 is 2.40 bits per heavy atom. The lowest BCUT2D eigenvalue weighted by Gasteiger charge is -2.43. The van der Waals surface area contributed by atoms with Crippen molar-refractivity contribution in [2.24, 2.45) is 29.6 Å². The number of ether oxygens (including phenoxy) is 2. The predicted octanol–water partition coefficient (Wildman–Crippen LogP) is 4.43. The molecule has 0 radical (unpaired) electrons. The van der Waals surface area contributed by atoms with Gasteiger partial charge in [0.1, 0.15) is 12.1 Å². The summed E-state index contributed by atoms with van der Waals surface area (Å²) >= 11 is 0. The third-order valence-corrected chi connectivity index (χ3v) is 11.1. The fraction of sp³-hybridized carbons (Fsp3) is 0.784. The summed E-state index contributed by atoms with van der Waals surface area (Å²) in [5, 5.41) is 31.9. The highest BCUT2D eigenvalue weighted by Crippen LogP contribution is 2.37. The number of esters is 1. The van der Waals surface area contributed by atoms with Crippen LogP contribution in [0.25, 0.3) is 0 Å². The average molecular weight is 660 g/mol. The van der Waals surface area contributed by atoms with E-state index in [-0.39, 0.29) is 30.1 Å². The average Bonchev–Trinajstić information content (AvgIpc) is 3.05. The second kappa shape index (κ2) is 16.8. The smallest absolute Gasteiger partial charge is 0.329 e. The van der Waals surface area contributed by atoms with Crippen LogP contribution in [0.5, 0.6) is 0 Å². The number of carbonyl (C=O) groups is 4. The van der Waals surface area contributed by atoms with Crippen molar-refractivity contribution < 1.29 is 44.0 Å². The third-order valence-electron chi connectivity index (χ3n) is 11.1. The van der Waals surface area contributed by atoms with Gasteiger partial charge in [-0.15, -0.1) is 0 Å². The van der Waals surface area contributed by atoms with Gasteiger partial charge in [-0.05, 0) is 107 Å². The van der Waals surface area contributed by atoms with Crippen LogP contribution in [-0.2, 0) is 28.7 Å². The Bertz CT molecular complexity index is 1170. The zero-order valence-corrected chi connectivity index (χ0v) is 28.7. The molecular formula is C37H57NO9. The van der Waals surface area contributed by atoms with Crippen molar-refractivity contribution in [1.29, 1.82) is 0 Å². The Kier molecular flexibility index (Phi) is 13.4. The highest BCUT2D eigenvalue weighted by molar-refractivity contribution is 6.39. The van der Waals surface area contributed by atoms with Crippen LogP contribution in [-0.4, -0.2) is 86.5 Å². The minimum Gasteiger partial charge on any atom is -0.461 e. The molecule has 1 aliphatic carbocycles. The van der Waals surface area contributed by atoms with Crippen LogP contribution >= 0.6 is 0 Å². The van der Waals surface area contributed by atoms with Gasteiger partial charge in [0, 0.05) is 18.4 Å². The van der Waals surface area contributed by atoms with Gasteiger partial charge in [0.2, 0.25) is 5.79 Å². The molecule has 2 bridgehead atoms. The SMILES string of the molecule is CC1/C=C/CC/C=C/C(=O)[C@H](C)[C@@H]2CC[C@@H](C)[C@@](O)(O2)C(=O)C(=O)N2CCCCC2C(=O)OC(C(C)CC2CC[C@@H](O)[C@H](O)C2)CC1. The number of nitrogens with zero attached hydrogens (tertiary/aromatic N) is 1. The first-order valence-electron chi connectivity index (χ1n) is 18.0. The maximum atomic E-state index is 13.9. The second-order valence-electron chi connectivity index (χ2n) is 14.8. The number of ketones is 2. The summed E-state index contributed by atoms with van der Waals surface area (Å²) in [6, 6.07) is -0.961. The maximum Gasteiger partial charge on any atom is 0.329 e. The Balaban J connectivity index is 1.59. The van der Waals surface area contributed by atoms with Crippen LogP contribution in [0, 0.1) is 29.6 Å². The van der Waals surface area contributed by atoms with Gasteiger partial charge in [0.25, 0.3) is 11.7 Å². The maximum absolute atomic E-state index is 13.9. The number of amides is 1. The number of hydrogen-bond acceptors (Lipinski definition) is 9. The first-order chi connectivity index (χ1) is 22.3. The largest absolute Gasteiger partial charge is 0.461 e. The first kappa shape index (κ1) is 37.4. The molecule has 5 unspecified atom stereocenters. The summed E-state index contributed by atoms with van der Waals surface area (Å²) in [6.45, 7) is 7.72. The summed E-state index contributed by atoms with van der Waals surface area (Å²) in [5.74, 6) is -6.10. The third kappa shape index (κ3) is 9.40. The van der Waals surface area contributed by atoms with Gasteiger partial charge in [0.05, 0.1) is 18.3 Å². The zero-order valence-electron chi connectivity index (χ0n) is 28.7. The van der Waals surface area contributed by atoms with E-state index in [1.165, 1.54) is 11.0 Å². The number of Topliss-reactive ketones (excluding diaryl/α,β-unsaturated/α-hetero) is 1. The Morgan fingerprint density at radius 1 is 0.915 bits per heavy atom. The van der Waals surface area contributed by atoms with E-state index in [1.807, 2.05) is 13.0 Å². The molecule has 264 valence electrons. The zero-order chi connectivity index (χ0) is 34.3. The molecule has 3 fully saturated rings. The molecule has 11 atom stereocenters. The van der Waals surface area contributed by atoms with E-state index < -0.39 is 65.7 Å². The molecule has 10 nitrogen and oxygen atoms in total. The van der Waals surface area contributed by atoms with Gasteiger partial charge in [-0.3, -0.25) is 14.4 Å². The number of carbonyl (C=O) groups excluding carboxylic acids is 4. The molecule has 0 aromatic rings. The molecule has 0 aromatic heterocycles. The summed E-state index contributed by atoms with van der Waals surface area (Å²) in [7, 11) is 0. The molecular weight excluding hydrogens is 602 g/mol. The molecule has 10 heteroatoms. The van der Waals surface area contributed by atoms with Gasteiger partial charge in [-0.2, -0.15) is 0 Å². The first-order valence-corrected chi connectivity index (χ1v) is 18.0. The van der Waals surface area contributed by atoms with Crippen molar-refractivity contribution in [2.75, 3.05) is 6.54 Å². The summed E-state index contributed by atoms with van der Waals surface area (Å²) in [4.78, 5) is 55.7. The Hall–Kier alpha value is -2.40. The van der Waals surface area contributed by atoms with Crippen LogP contribution in [0.3, 0.4) is 0 Å². The van der Waals surface area contributed by atoms with Crippen molar-refractivity contribution >= 4 is 23.4 Å². The minimum absolute atomic E-state index is 0.0302. The van der Waals surface area contributed by atoms with Crippen molar-refractivity contribution in [2.45, 2.75) is 147 Å². The lowest BCUT2D eigenvalue weighted by molar-refractivity contribution is -0.268. The number of hydrogen-bond donors (Lipinski definition) is 3. The molecule has 47 heavy (non-hydrogen) atoms. The number of aliphatic hydroxyl groups excluding tert-OH is 2. The second-order valence-corrected chi connectivity index (χ2v) is 14.8. The minimum atomic E-state index is -2.40. The van der Waals surface area contributed by atoms with E-state index in [4.69, 9.17) is 9.47 Å². The summed E-state index contributed by atoms with van der Waals surface area (Å²) in [5.41, 5.74) is 0. The molecule has 4 rings (SSSR count). The van der Waals surface area contributed by atoms with Crippen LogP contribution < -0.4 is 0 Å².